The van der Waals surface area contributed by atoms with Crippen LogP contribution in [0.2, 0.25) is 0 Å². The van der Waals surface area contributed by atoms with Gasteiger partial charge in [-0.1, -0.05) is 0 Å². The summed E-state index contributed by atoms with van der Waals surface area (Å²) in [6.07, 6.45) is 0.885. The number of fused-ring (bicyclic) bond motifs is 1. The Kier molecular flexibility index (Phi) is 7.48. The molecular formula is C27H26F5N5O2. The molecule has 39 heavy (non-hydrogen) atoms. The molecule has 0 aliphatic carbocycles. The van der Waals surface area contributed by atoms with Crippen molar-refractivity contribution in [3.8, 4) is 0 Å². The first-order valence-corrected chi connectivity index (χ1v) is 12.7. The van der Waals surface area contributed by atoms with Gasteiger partial charge in [0.1, 0.15) is 11.6 Å². The average Bonchev–Trinajstić information content (AvgIpc) is 3.40. The third kappa shape index (κ3) is 5.70. The van der Waals surface area contributed by atoms with E-state index in [4.69, 9.17) is 0 Å². The molecular weight excluding hydrogens is 521 g/mol. The number of aromatic nitrogens is 2. The predicted molar refractivity (Wildman–Crippen MR) is 132 cm³/mol. The molecule has 5 rings (SSSR count). The lowest BCUT2D eigenvalue weighted by molar-refractivity contribution is -0.187. The highest BCUT2D eigenvalue weighted by Crippen LogP contribution is 2.33. The highest BCUT2D eigenvalue weighted by Gasteiger charge is 2.50. The molecule has 2 aliphatic rings. The van der Waals surface area contributed by atoms with E-state index in [0.29, 0.717) is 29.8 Å². The maximum Gasteiger partial charge on any atom is 0.412 e. The molecule has 2 fully saturated rings. The molecule has 7 nitrogen and oxygen atoms in total. The van der Waals surface area contributed by atoms with Crippen LogP contribution in [0.5, 0.6) is 0 Å². The molecule has 0 radical (unpaired) electrons. The van der Waals surface area contributed by atoms with E-state index in [1.807, 2.05) is 0 Å². The first-order valence-electron chi connectivity index (χ1n) is 12.7. The lowest BCUT2D eigenvalue weighted by atomic mass is 9.84. The lowest BCUT2D eigenvalue weighted by Gasteiger charge is -2.40. The fourth-order valence-corrected chi connectivity index (χ4v) is 5.58. The summed E-state index contributed by atoms with van der Waals surface area (Å²) >= 11 is 0. The quantitative estimate of drug-likeness (QED) is 0.488. The van der Waals surface area contributed by atoms with Crippen LogP contribution in [0.4, 0.5) is 22.0 Å². The minimum Gasteiger partial charge on any atom is -0.349 e. The van der Waals surface area contributed by atoms with Crippen molar-refractivity contribution in [2.24, 2.45) is 0 Å². The Balaban J connectivity index is 1.45. The normalized spacial score (nSPS) is 21.2. The van der Waals surface area contributed by atoms with Crippen LogP contribution in [0.3, 0.4) is 0 Å². The number of piperidine rings is 1. The van der Waals surface area contributed by atoms with Gasteiger partial charge >= 0.3 is 6.18 Å². The monoisotopic (exact) mass is 547 g/mol. The fourth-order valence-electron chi connectivity index (χ4n) is 5.58. The van der Waals surface area contributed by atoms with Crippen LogP contribution in [0.15, 0.2) is 48.9 Å². The van der Waals surface area contributed by atoms with Gasteiger partial charge in [0.15, 0.2) is 6.04 Å². The zero-order valence-corrected chi connectivity index (χ0v) is 20.8. The van der Waals surface area contributed by atoms with Crippen molar-refractivity contribution in [3.05, 3.63) is 71.7 Å². The smallest absolute Gasteiger partial charge is 0.349 e. The van der Waals surface area contributed by atoms with Gasteiger partial charge < -0.3 is 10.2 Å². The van der Waals surface area contributed by atoms with Gasteiger partial charge in [0, 0.05) is 49.1 Å². The molecule has 4 heterocycles. The minimum atomic E-state index is -4.82. The molecule has 12 heteroatoms. The molecule has 206 valence electrons. The summed E-state index contributed by atoms with van der Waals surface area (Å²) in [4.78, 5) is 37.5. The van der Waals surface area contributed by atoms with Crippen molar-refractivity contribution < 1.29 is 31.5 Å². The molecule has 2 aromatic heterocycles. The van der Waals surface area contributed by atoms with Gasteiger partial charge in [-0.2, -0.15) is 13.2 Å². The van der Waals surface area contributed by atoms with Gasteiger partial charge in [-0.25, -0.2) is 8.78 Å². The zero-order valence-electron chi connectivity index (χ0n) is 20.8. The lowest BCUT2D eigenvalue weighted by Crippen LogP contribution is -2.60. The van der Waals surface area contributed by atoms with E-state index in [9.17, 15) is 31.5 Å². The largest absolute Gasteiger partial charge is 0.412 e. The second-order valence-corrected chi connectivity index (χ2v) is 9.91. The first-order chi connectivity index (χ1) is 18.6. The van der Waals surface area contributed by atoms with Crippen molar-refractivity contribution in [1.29, 1.82) is 0 Å². The molecule has 1 unspecified atom stereocenters. The summed E-state index contributed by atoms with van der Waals surface area (Å²) in [6, 6.07) is 2.96. The Morgan fingerprint density at radius 1 is 1.03 bits per heavy atom. The molecule has 2 amide bonds. The van der Waals surface area contributed by atoms with Gasteiger partial charge in [-0.3, -0.25) is 24.5 Å². The molecule has 3 atom stereocenters. The number of amides is 2. The highest BCUT2D eigenvalue weighted by atomic mass is 19.4. The molecule has 0 spiro atoms. The molecule has 1 aromatic carbocycles. The predicted octanol–water partition coefficient (Wildman–Crippen LogP) is 4.05. The van der Waals surface area contributed by atoms with E-state index in [1.54, 1.807) is 18.3 Å². The summed E-state index contributed by atoms with van der Waals surface area (Å²) in [6.45, 7) is 0.242. The van der Waals surface area contributed by atoms with Crippen molar-refractivity contribution in [2.75, 3.05) is 26.2 Å². The van der Waals surface area contributed by atoms with Gasteiger partial charge in [0.2, 0.25) is 5.91 Å². The Labute approximate surface area is 221 Å². The number of halogens is 5. The Morgan fingerprint density at radius 2 is 1.74 bits per heavy atom. The van der Waals surface area contributed by atoms with Crippen LogP contribution in [-0.4, -0.2) is 76.0 Å². The summed E-state index contributed by atoms with van der Waals surface area (Å²) in [5, 5.41) is 3.13. The van der Waals surface area contributed by atoms with Gasteiger partial charge in [-0.15, -0.1) is 0 Å². The van der Waals surface area contributed by atoms with Crippen LogP contribution in [-0.2, 0) is 4.79 Å². The number of nitrogens with zero attached hydrogens (tertiary/aromatic N) is 4. The van der Waals surface area contributed by atoms with Crippen LogP contribution >= 0.6 is 0 Å². The maximum absolute atomic E-state index is 14.1. The zero-order chi connectivity index (χ0) is 27.7. The second-order valence-electron chi connectivity index (χ2n) is 9.91. The van der Waals surface area contributed by atoms with Crippen molar-refractivity contribution in [3.63, 3.8) is 0 Å². The molecule has 2 aliphatic heterocycles. The molecule has 0 saturated carbocycles. The number of hydrogen-bond acceptors (Lipinski definition) is 5. The van der Waals surface area contributed by atoms with E-state index in [-0.39, 0.29) is 43.7 Å². The molecule has 0 bridgehead atoms. The van der Waals surface area contributed by atoms with E-state index >= 15 is 0 Å². The number of benzene rings is 1. The minimum absolute atomic E-state index is 0.131. The Bertz CT molecular complexity index is 1350. The Hall–Kier alpha value is -3.67. The van der Waals surface area contributed by atoms with Crippen LogP contribution in [0, 0.1) is 11.6 Å². The van der Waals surface area contributed by atoms with E-state index in [0.717, 1.165) is 17.0 Å². The van der Waals surface area contributed by atoms with E-state index in [2.05, 4.69) is 15.3 Å². The van der Waals surface area contributed by atoms with Crippen molar-refractivity contribution in [1.82, 2.24) is 25.1 Å². The summed E-state index contributed by atoms with van der Waals surface area (Å²) in [5.74, 6) is -4.11. The Morgan fingerprint density at radius 3 is 2.44 bits per heavy atom. The molecule has 3 aromatic rings. The SMILES string of the molecule is O=C(N[C@@H]1CN(C(=O)c2cncc3cccnc23)CC[C@H]1c1cc(F)cc(F)c1)C(N1CCCC1)C(F)(F)F. The van der Waals surface area contributed by atoms with Crippen LogP contribution in [0.25, 0.3) is 10.9 Å². The van der Waals surface area contributed by atoms with Gasteiger partial charge in [0.25, 0.3) is 5.91 Å². The van der Waals surface area contributed by atoms with Crippen LogP contribution < -0.4 is 5.32 Å². The van der Waals surface area contributed by atoms with Crippen molar-refractivity contribution in [2.45, 2.75) is 43.4 Å². The summed E-state index contributed by atoms with van der Waals surface area (Å²) < 4.78 is 70.1. The summed E-state index contributed by atoms with van der Waals surface area (Å²) in [7, 11) is 0. The van der Waals surface area contributed by atoms with E-state index < -0.39 is 47.6 Å². The number of nitrogens with one attached hydrogen (secondary N) is 1. The maximum atomic E-state index is 14.1. The van der Waals surface area contributed by atoms with E-state index in [1.165, 1.54) is 17.3 Å². The second kappa shape index (κ2) is 10.8. The first kappa shape index (κ1) is 26.9. The van der Waals surface area contributed by atoms with Crippen LogP contribution in [0.1, 0.15) is 41.1 Å². The number of pyridine rings is 2. The topological polar surface area (TPSA) is 78.4 Å². The number of carbonyl (C=O) groups is 2. The number of likely N-dealkylation sites (tertiary alicyclic amines) is 2. The fraction of sp³-hybridized carbons (Fsp3) is 0.407. The third-order valence-electron chi connectivity index (χ3n) is 7.35. The summed E-state index contributed by atoms with van der Waals surface area (Å²) in [5.41, 5.74) is 0.820. The average molecular weight is 548 g/mol. The number of alkyl halides is 3. The van der Waals surface area contributed by atoms with Gasteiger partial charge in [-0.05, 0) is 62.2 Å². The molecule has 2 saturated heterocycles. The van der Waals surface area contributed by atoms with Crippen molar-refractivity contribution >= 4 is 22.7 Å². The standard InChI is InChI=1S/C27H26F5N5O2/c28-18-10-17(11-19(29)12-18)20-5-9-37(26(39)21-14-33-13-16-4-3-6-34-23(16)21)15-22(20)35-25(38)24(27(30,31)32)36-7-1-2-8-36/h3-4,6,10-14,20,22,24H,1-2,5,7-9,15H2,(H,35,38)/t20-,22+,24?/m0/s1. The number of hydrogen-bond donors (Lipinski definition) is 1. The molecule has 1 N–H and O–H groups in total. The number of carbonyl (C=O) groups excluding carboxylic acids is 2. The highest BCUT2D eigenvalue weighted by molar-refractivity contribution is 6.05. The van der Waals surface area contributed by atoms with Gasteiger partial charge in [0.05, 0.1) is 17.1 Å². The number of rotatable bonds is 5. The third-order valence-corrected chi connectivity index (χ3v) is 7.35.